The second kappa shape index (κ2) is 6.86. The van der Waals surface area contributed by atoms with E-state index in [0.717, 1.165) is 17.5 Å². The Balaban J connectivity index is 1.80. The molecule has 1 saturated heterocycles. The molecule has 1 aromatic carbocycles. The van der Waals surface area contributed by atoms with Crippen molar-refractivity contribution in [3.63, 3.8) is 0 Å². The Bertz CT molecular complexity index is 727. The maximum Gasteiger partial charge on any atom is 0.309 e. The molecule has 2 aromatic rings. The van der Waals surface area contributed by atoms with Crippen LogP contribution in [-0.4, -0.2) is 38.2 Å². The Hall–Kier alpha value is -2.63. The molecule has 3 rings (SSSR count). The second-order valence-corrected chi connectivity index (χ2v) is 6.16. The smallest absolute Gasteiger partial charge is 0.309 e. The third kappa shape index (κ3) is 3.18. The highest BCUT2D eigenvalue weighted by molar-refractivity contribution is 5.87. The van der Waals surface area contributed by atoms with Gasteiger partial charge in [0.25, 0.3) is 0 Å². The number of likely N-dealkylation sites (tertiary alicyclic amines) is 1. The molecule has 1 amide bonds. The Labute approximate surface area is 140 Å². The van der Waals surface area contributed by atoms with Crippen molar-refractivity contribution in [3.8, 4) is 0 Å². The summed E-state index contributed by atoms with van der Waals surface area (Å²) in [6.45, 7) is 3.19. The molecule has 0 bridgehead atoms. The Morgan fingerprint density at radius 1 is 1.29 bits per heavy atom. The van der Waals surface area contributed by atoms with Gasteiger partial charge in [0.15, 0.2) is 0 Å². The molecule has 1 aliphatic rings. The molecule has 0 saturated carbocycles. The maximum absolute atomic E-state index is 12.4. The highest BCUT2D eigenvalue weighted by atomic mass is 16.4. The average Bonchev–Trinajstić information content (AvgIpc) is 3.17. The summed E-state index contributed by atoms with van der Waals surface area (Å²) < 4.78 is 1.82. The maximum atomic E-state index is 12.4. The fourth-order valence-electron chi connectivity index (χ4n) is 3.41. The van der Waals surface area contributed by atoms with Crippen LogP contribution in [0.2, 0.25) is 0 Å². The van der Waals surface area contributed by atoms with Gasteiger partial charge in [0.05, 0.1) is 12.0 Å². The molecule has 24 heavy (non-hydrogen) atoms. The molecule has 0 spiro atoms. The first-order valence-electron chi connectivity index (χ1n) is 8.13. The minimum atomic E-state index is -0.911. The number of aliphatic carboxylic acids is 1. The number of carboxylic acids is 1. The van der Waals surface area contributed by atoms with E-state index in [4.69, 9.17) is 0 Å². The van der Waals surface area contributed by atoms with Gasteiger partial charge in [-0.25, -0.2) is 0 Å². The van der Waals surface area contributed by atoms with Gasteiger partial charge in [0, 0.05) is 31.9 Å². The number of aryl methyl sites for hydroxylation is 2. The first kappa shape index (κ1) is 16.2. The number of carbonyl (C=O) groups is 2. The monoisotopic (exact) mass is 327 g/mol. The van der Waals surface area contributed by atoms with Gasteiger partial charge in [-0.2, -0.15) is 5.10 Å². The Kier molecular flexibility index (Phi) is 4.64. The van der Waals surface area contributed by atoms with Crippen LogP contribution in [0.4, 0.5) is 0 Å². The number of amides is 1. The van der Waals surface area contributed by atoms with Crippen molar-refractivity contribution in [1.82, 2.24) is 14.7 Å². The molecule has 1 fully saturated rings. The van der Waals surface area contributed by atoms with Crippen LogP contribution in [-0.2, 0) is 16.1 Å². The molecule has 6 nitrogen and oxygen atoms in total. The lowest BCUT2D eigenvalue weighted by molar-refractivity contribution is -0.142. The van der Waals surface area contributed by atoms with Crippen LogP contribution in [0.5, 0.6) is 0 Å². The average molecular weight is 327 g/mol. The van der Waals surface area contributed by atoms with E-state index in [0.29, 0.717) is 13.1 Å². The van der Waals surface area contributed by atoms with Crippen molar-refractivity contribution >= 4 is 11.9 Å². The zero-order chi connectivity index (χ0) is 17.1. The van der Waals surface area contributed by atoms with Crippen LogP contribution < -0.4 is 0 Å². The standard InChI is InChI=1S/C18H21N3O3/c1-13-6-2-3-7-14(13)17-15(18(23)24)12-16(22)21(17)11-5-10-20-9-4-8-19-20/h2-4,6-9,15,17H,5,10-12H2,1H3,(H,23,24). The number of aromatic nitrogens is 2. The van der Waals surface area contributed by atoms with Crippen molar-refractivity contribution in [2.24, 2.45) is 5.92 Å². The predicted octanol–water partition coefficient (Wildman–Crippen LogP) is 2.26. The molecular formula is C18H21N3O3. The quantitative estimate of drug-likeness (QED) is 0.883. The SMILES string of the molecule is Cc1ccccc1C1C(C(=O)O)CC(=O)N1CCCn1cccn1. The van der Waals surface area contributed by atoms with Gasteiger partial charge < -0.3 is 10.0 Å². The molecule has 6 heteroatoms. The molecule has 2 atom stereocenters. The van der Waals surface area contributed by atoms with Crippen molar-refractivity contribution in [3.05, 3.63) is 53.9 Å². The van der Waals surface area contributed by atoms with Crippen molar-refractivity contribution in [2.45, 2.75) is 32.4 Å². The number of carboxylic acid groups (broad SMARTS) is 1. The van der Waals surface area contributed by atoms with E-state index < -0.39 is 17.9 Å². The summed E-state index contributed by atoms with van der Waals surface area (Å²) in [7, 11) is 0. The molecular weight excluding hydrogens is 306 g/mol. The van der Waals surface area contributed by atoms with Gasteiger partial charge >= 0.3 is 5.97 Å². The molecule has 2 unspecified atom stereocenters. The second-order valence-electron chi connectivity index (χ2n) is 6.16. The fourth-order valence-corrected chi connectivity index (χ4v) is 3.41. The first-order valence-corrected chi connectivity index (χ1v) is 8.13. The summed E-state index contributed by atoms with van der Waals surface area (Å²) in [4.78, 5) is 25.8. The summed E-state index contributed by atoms with van der Waals surface area (Å²) in [6, 6.07) is 9.17. The largest absolute Gasteiger partial charge is 0.481 e. The molecule has 0 aliphatic carbocycles. The highest BCUT2D eigenvalue weighted by Crippen LogP contribution is 2.39. The number of hydrogen-bond donors (Lipinski definition) is 1. The fraction of sp³-hybridized carbons (Fsp3) is 0.389. The van der Waals surface area contributed by atoms with E-state index in [2.05, 4.69) is 5.10 Å². The highest BCUT2D eigenvalue weighted by Gasteiger charge is 2.44. The summed E-state index contributed by atoms with van der Waals surface area (Å²) in [5, 5.41) is 13.7. The number of benzene rings is 1. The van der Waals surface area contributed by atoms with Crippen molar-refractivity contribution in [1.29, 1.82) is 0 Å². The van der Waals surface area contributed by atoms with Gasteiger partial charge in [0.2, 0.25) is 5.91 Å². The number of rotatable bonds is 6. The van der Waals surface area contributed by atoms with Crippen LogP contribution in [0.25, 0.3) is 0 Å². The van der Waals surface area contributed by atoms with Crippen LogP contribution in [0.1, 0.15) is 30.0 Å². The minimum absolute atomic E-state index is 0.0656. The van der Waals surface area contributed by atoms with E-state index >= 15 is 0 Å². The summed E-state index contributed by atoms with van der Waals surface area (Å²) in [5.74, 6) is -1.69. The zero-order valence-electron chi connectivity index (χ0n) is 13.6. The third-order valence-corrected chi connectivity index (χ3v) is 4.60. The molecule has 0 radical (unpaired) electrons. The topological polar surface area (TPSA) is 75.4 Å². The van der Waals surface area contributed by atoms with Gasteiger partial charge in [-0.15, -0.1) is 0 Å². The van der Waals surface area contributed by atoms with Crippen molar-refractivity contribution < 1.29 is 14.7 Å². The molecule has 1 aliphatic heterocycles. The summed E-state index contributed by atoms with van der Waals surface area (Å²) in [6.07, 6.45) is 4.40. The molecule has 1 aromatic heterocycles. The normalized spacial score (nSPS) is 20.5. The van der Waals surface area contributed by atoms with Crippen LogP contribution in [0, 0.1) is 12.8 Å². The Morgan fingerprint density at radius 2 is 2.08 bits per heavy atom. The number of hydrogen-bond acceptors (Lipinski definition) is 3. The van der Waals surface area contributed by atoms with E-state index in [1.165, 1.54) is 0 Å². The van der Waals surface area contributed by atoms with Gasteiger partial charge in [-0.05, 0) is 30.5 Å². The third-order valence-electron chi connectivity index (χ3n) is 4.60. The minimum Gasteiger partial charge on any atom is -0.481 e. The lowest BCUT2D eigenvalue weighted by Crippen LogP contribution is -2.32. The lowest BCUT2D eigenvalue weighted by atomic mass is 9.91. The van der Waals surface area contributed by atoms with E-state index in [1.807, 2.05) is 48.1 Å². The Morgan fingerprint density at radius 3 is 2.75 bits per heavy atom. The zero-order valence-corrected chi connectivity index (χ0v) is 13.6. The van der Waals surface area contributed by atoms with Crippen LogP contribution in [0.15, 0.2) is 42.7 Å². The van der Waals surface area contributed by atoms with Crippen molar-refractivity contribution in [2.75, 3.05) is 6.54 Å². The van der Waals surface area contributed by atoms with Crippen LogP contribution >= 0.6 is 0 Å². The summed E-state index contributed by atoms with van der Waals surface area (Å²) >= 11 is 0. The van der Waals surface area contributed by atoms with E-state index in [9.17, 15) is 14.7 Å². The van der Waals surface area contributed by atoms with Gasteiger partial charge in [-0.1, -0.05) is 24.3 Å². The van der Waals surface area contributed by atoms with Gasteiger partial charge in [-0.3, -0.25) is 14.3 Å². The number of carbonyl (C=O) groups excluding carboxylic acids is 1. The number of nitrogens with zero attached hydrogens (tertiary/aromatic N) is 3. The van der Waals surface area contributed by atoms with E-state index in [-0.39, 0.29) is 12.3 Å². The van der Waals surface area contributed by atoms with Crippen LogP contribution in [0.3, 0.4) is 0 Å². The molecule has 2 heterocycles. The molecule has 126 valence electrons. The molecule has 1 N–H and O–H groups in total. The first-order chi connectivity index (χ1) is 11.6. The van der Waals surface area contributed by atoms with E-state index in [1.54, 1.807) is 11.1 Å². The van der Waals surface area contributed by atoms with Gasteiger partial charge in [0.1, 0.15) is 0 Å². The predicted molar refractivity (Wildman–Crippen MR) is 88.2 cm³/mol. The lowest BCUT2D eigenvalue weighted by Gasteiger charge is -2.28. The summed E-state index contributed by atoms with van der Waals surface area (Å²) in [5.41, 5.74) is 1.94.